The monoisotopic (exact) mass is 216 g/mol. The standard InChI is InChI=1S/C13H14NO2/c1-3-9-14-12(15)8-7-10-5-4-6-11(16-2)13(10)14/h4-5,7-8H,3,9H2,1-2H3. The molecule has 0 aliphatic carbocycles. The summed E-state index contributed by atoms with van der Waals surface area (Å²) in [6, 6.07) is 10.2. The number of nitrogens with zero attached hydrogens (tertiary/aromatic N) is 1. The molecule has 0 amide bonds. The van der Waals surface area contributed by atoms with Crippen LogP contribution in [0.15, 0.2) is 29.1 Å². The third kappa shape index (κ3) is 1.69. The van der Waals surface area contributed by atoms with E-state index in [9.17, 15) is 4.79 Å². The summed E-state index contributed by atoms with van der Waals surface area (Å²) < 4.78 is 6.99. The minimum atomic E-state index is 0.00671. The summed E-state index contributed by atoms with van der Waals surface area (Å²) in [5, 5.41) is 1.00. The lowest BCUT2D eigenvalue weighted by molar-refractivity contribution is 0.415. The predicted octanol–water partition coefficient (Wildman–Crippen LogP) is 2.22. The Labute approximate surface area is 94.3 Å². The fraction of sp³-hybridized carbons (Fsp3) is 0.308. The highest BCUT2D eigenvalue weighted by Crippen LogP contribution is 2.23. The van der Waals surface area contributed by atoms with Crippen LogP contribution in [0.25, 0.3) is 10.9 Å². The van der Waals surface area contributed by atoms with Gasteiger partial charge in [0.1, 0.15) is 0 Å². The van der Waals surface area contributed by atoms with Crippen LogP contribution in [0.5, 0.6) is 5.75 Å². The van der Waals surface area contributed by atoms with Gasteiger partial charge in [0.05, 0.1) is 12.6 Å². The van der Waals surface area contributed by atoms with E-state index in [-0.39, 0.29) is 5.56 Å². The Balaban J connectivity index is 2.83. The number of benzene rings is 1. The van der Waals surface area contributed by atoms with E-state index >= 15 is 0 Å². The number of hydrogen-bond acceptors (Lipinski definition) is 2. The molecule has 0 bridgehead atoms. The first kappa shape index (κ1) is 10.7. The van der Waals surface area contributed by atoms with Gasteiger partial charge in [-0.05, 0) is 18.6 Å². The van der Waals surface area contributed by atoms with Crippen molar-refractivity contribution in [2.75, 3.05) is 7.11 Å². The van der Waals surface area contributed by atoms with E-state index in [4.69, 9.17) is 4.74 Å². The molecule has 83 valence electrons. The van der Waals surface area contributed by atoms with Gasteiger partial charge >= 0.3 is 0 Å². The van der Waals surface area contributed by atoms with Crippen LogP contribution in [0.4, 0.5) is 0 Å². The lowest BCUT2D eigenvalue weighted by Crippen LogP contribution is -2.19. The van der Waals surface area contributed by atoms with Gasteiger partial charge in [-0.15, -0.1) is 0 Å². The van der Waals surface area contributed by atoms with Crippen molar-refractivity contribution in [3.05, 3.63) is 40.7 Å². The number of hydrogen-bond donors (Lipinski definition) is 0. The third-order valence-electron chi connectivity index (χ3n) is 2.56. The molecular formula is C13H14NO2. The number of fused-ring (bicyclic) bond motifs is 1. The first-order chi connectivity index (χ1) is 7.77. The summed E-state index contributed by atoms with van der Waals surface area (Å²) in [4.78, 5) is 11.8. The Morgan fingerprint density at radius 3 is 2.88 bits per heavy atom. The number of ether oxygens (including phenoxy) is 1. The molecule has 0 fully saturated rings. The molecular weight excluding hydrogens is 202 g/mol. The second kappa shape index (κ2) is 4.39. The van der Waals surface area contributed by atoms with Crippen molar-refractivity contribution >= 4 is 10.9 Å². The maximum absolute atomic E-state index is 11.8. The van der Waals surface area contributed by atoms with E-state index in [1.165, 1.54) is 0 Å². The predicted molar refractivity (Wildman–Crippen MR) is 63.9 cm³/mol. The minimum absolute atomic E-state index is 0.00671. The summed E-state index contributed by atoms with van der Waals surface area (Å²) in [7, 11) is 1.60. The molecule has 2 rings (SSSR count). The molecule has 0 atom stereocenters. The Morgan fingerprint density at radius 2 is 2.19 bits per heavy atom. The molecule has 16 heavy (non-hydrogen) atoms. The van der Waals surface area contributed by atoms with E-state index in [1.807, 2.05) is 25.1 Å². The van der Waals surface area contributed by atoms with Crippen LogP contribution >= 0.6 is 0 Å². The van der Waals surface area contributed by atoms with Gasteiger partial charge in [0, 0.05) is 24.1 Å². The van der Waals surface area contributed by atoms with Crippen molar-refractivity contribution < 1.29 is 4.74 Å². The fourth-order valence-corrected chi connectivity index (χ4v) is 1.86. The molecule has 3 heteroatoms. The Hall–Kier alpha value is -1.77. The molecule has 0 N–H and O–H groups in total. The van der Waals surface area contributed by atoms with Crippen LogP contribution in [0.1, 0.15) is 13.3 Å². The van der Waals surface area contributed by atoms with Gasteiger partial charge in [-0.1, -0.05) is 13.0 Å². The molecule has 0 spiro atoms. The van der Waals surface area contributed by atoms with Crippen LogP contribution in [0.2, 0.25) is 0 Å². The van der Waals surface area contributed by atoms with E-state index in [0.29, 0.717) is 12.3 Å². The first-order valence-electron chi connectivity index (χ1n) is 5.36. The van der Waals surface area contributed by atoms with Crippen molar-refractivity contribution in [2.45, 2.75) is 19.9 Å². The molecule has 0 aliphatic heterocycles. The largest absolute Gasteiger partial charge is 0.494 e. The molecule has 1 radical (unpaired) electrons. The van der Waals surface area contributed by atoms with E-state index in [1.54, 1.807) is 17.7 Å². The van der Waals surface area contributed by atoms with E-state index in [0.717, 1.165) is 17.3 Å². The number of aryl methyl sites for hydroxylation is 1. The third-order valence-corrected chi connectivity index (χ3v) is 2.56. The second-order valence-electron chi connectivity index (χ2n) is 3.64. The van der Waals surface area contributed by atoms with Crippen molar-refractivity contribution in [1.29, 1.82) is 0 Å². The topological polar surface area (TPSA) is 31.2 Å². The SMILES string of the molecule is CCCn1c(=O)ccc2cc[c]c(OC)c21. The van der Waals surface area contributed by atoms with Gasteiger partial charge in [0.25, 0.3) is 5.56 Å². The minimum Gasteiger partial charge on any atom is -0.494 e. The maximum atomic E-state index is 11.8. The highest BCUT2D eigenvalue weighted by molar-refractivity contribution is 5.84. The molecule has 1 heterocycles. The number of pyridine rings is 1. The molecule has 2 aromatic rings. The van der Waals surface area contributed by atoms with Crippen LogP contribution < -0.4 is 10.3 Å². The van der Waals surface area contributed by atoms with Crippen molar-refractivity contribution in [3.8, 4) is 5.75 Å². The van der Waals surface area contributed by atoms with Crippen molar-refractivity contribution in [3.63, 3.8) is 0 Å². The van der Waals surface area contributed by atoms with Gasteiger partial charge in [0.15, 0.2) is 5.75 Å². The zero-order valence-electron chi connectivity index (χ0n) is 9.49. The average Bonchev–Trinajstić information content (AvgIpc) is 2.32. The van der Waals surface area contributed by atoms with Crippen LogP contribution in [0.3, 0.4) is 0 Å². The summed E-state index contributed by atoms with van der Waals surface area (Å²) in [6.45, 7) is 2.74. The van der Waals surface area contributed by atoms with Crippen LogP contribution in [-0.2, 0) is 6.54 Å². The van der Waals surface area contributed by atoms with Crippen LogP contribution in [-0.4, -0.2) is 11.7 Å². The normalized spacial score (nSPS) is 10.6. The highest BCUT2D eigenvalue weighted by atomic mass is 16.5. The first-order valence-corrected chi connectivity index (χ1v) is 5.36. The zero-order valence-corrected chi connectivity index (χ0v) is 9.49. The smallest absolute Gasteiger partial charge is 0.251 e. The van der Waals surface area contributed by atoms with Gasteiger partial charge in [-0.3, -0.25) is 4.79 Å². The van der Waals surface area contributed by atoms with E-state index in [2.05, 4.69) is 6.07 Å². The lowest BCUT2D eigenvalue weighted by atomic mass is 10.2. The van der Waals surface area contributed by atoms with Crippen LogP contribution in [0, 0.1) is 6.07 Å². The maximum Gasteiger partial charge on any atom is 0.251 e. The molecule has 1 aromatic carbocycles. The number of rotatable bonds is 3. The molecule has 0 saturated heterocycles. The van der Waals surface area contributed by atoms with Gasteiger partial charge in [-0.25, -0.2) is 0 Å². The lowest BCUT2D eigenvalue weighted by Gasteiger charge is -2.11. The second-order valence-corrected chi connectivity index (χ2v) is 3.64. The fourth-order valence-electron chi connectivity index (χ4n) is 1.86. The molecule has 3 nitrogen and oxygen atoms in total. The Bertz CT molecular complexity index is 557. The quantitative estimate of drug-likeness (QED) is 0.787. The van der Waals surface area contributed by atoms with Gasteiger partial charge in [0.2, 0.25) is 0 Å². The summed E-state index contributed by atoms with van der Waals surface area (Å²) in [6.07, 6.45) is 0.914. The summed E-state index contributed by atoms with van der Waals surface area (Å²) in [5.41, 5.74) is 0.839. The van der Waals surface area contributed by atoms with Gasteiger partial charge < -0.3 is 9.30 Å². The molecule has 0 unspecified atom stereocenters. The van der Waals surface area contributed by atoms with Gasteiger partial charge in [-0.2, -0.15) is 0 Å². The zero-order chi connectivity index (χ0) is 11.5. The van der Waals surface area contributed by atoms with E-state index < -0.39 is 0 Å². The Morgan fingerprint density at radius 1 is 1.38 bits per heavy atom. The molecule has 0 saturated carbocycles. The summed E-state index contributed by atoms with van der Waals surface area (Å²) >= 11 is 0. The average molecular weight is 216 g/mol. The number of methoxy groups -OCH3 is 1. The Kier molecular flexibility index (Phi) is 2.95. The molecule has 0 aliphatic rings. The number of aromatic nitrogens is 1. The molecule has 1 aromatic heterocycles. The summed E-state index contributed by atoms with van der Waals surface area (Å²) in [5.74, 6) is 0.628. The van der Waals surface area contributed by atoms with Crippen molar-refractivity contribution in [2.24, 2.45) is 0 Å². The van der Waals surface area contributed by atoms with Crippen molar-refractivity contribution in [1.82, 2.24) is 4.57 Å². The highest BCUT2D eigenvalue weighted by Gasteiger charge is 2.07.